The first-order valence-corrected chi connectivity index (χ1v) is 31.7. The summed E-state index contributed by atoms with van der Waals surface area (Å²) in [5, 5.41) is 3.05. The zero-order valence-corrected chi connectivity index (χ0v) is 48.2. The molecular formula is C60H118N2O7P+. The number of carbonyl (C=O) groups excluding carboxylic acids is 2. The molecule has 0 spiro atoms. The van der Waals surface area contributed by atoms with E-state index in [2.05, 4.69) is 38.2 Å². The maximum Gasteiger partial charge on any atom is 0.472 e. The normalized spacial score (nSPS) is 13.9. The molecule has 0 rings (SSSR count). The number of phosphoric ester groups is 1. The molecule has 9 nitrogen and oxygen atoms in total. The maximum absolute atomic E-state index is 13.5. The summed E-state index contributed by atoms with van der Waals surface area (Å²) in [5.41, 5.74) is 0. The number of hydrogen-bond donors (Lipinski definition) is 2. The topological polar surface area (TPSA) is 111 Å². The molecule has 70 heavy (non-hydrogen) atoms. The van der Waals surface area contributed by atoms with Gasteiger partial charge in [0, 0.05) is 12.8 Å². The number of likely N-dealkylation sites (N-methyl/N-ethyl adjacent to an activating group) is 1. The molecule has 0 saturated heterocycles. The Hall–Kier alpha value is -1.51. The van der Waals surface area contributed by atoms with Gasteiger partial charge in [0.05, 0.1) is 33.8 Å². The number of amides is 1. The minimum absolute atomic E-state index is 0.0427. The van der Waals surface area contributed by atoms with E-state index in [0.717, 1.165) is 64.2 Å². The van der Waals surface area contributed by atoms with Crippen molar-refractivity contribution >= 4 is 19.7 Å². The first kappa shape index (κ1) is 68.5. The summed E-state index contributed by atoms with van der Waals surface area (Å²) >= 11 is 0. The van der Waals surface area contributed by atoms with E-state index in [0.29, 0.717) is 23.9 Å². The monoisotopic (exact) mass is 1010 g/mol. The molecule has 0 bridgehead atoms. The lowest BCUT2D eigenvalue weighted by molar-refractivity contribution is -0.870. The first-order valence-electron chi connectivity index (χ1n) is 30.2. The second-order valence-electron chi connectivity index (χ2n) is 21.9. The Morgan fingerprint density at radius 1 is 0.486 bits per heavy atom. The van der Waals surface area contributed by atoms with Crippen LogP contribution >= 0.6 is 7.82 Å². The number of rotatable bonds is 55. The summed E-state index contributed by atoms with van der Waals surface area (Å²) in [6.07, 6.45) is 58.8. The Labute approximate surface area is 434 Å². The molecule has 2 N–H and O–H groups in total. The van der Waals surface area contributed by atoms with Crippen molar-refractivity contribution in [2.45, 2.75) is 309 Å². The van der Waals surface area contributed by atoms with Gasteiger partial charge in [-0.25, -0.2) is 4.57 Å². The molecule has 0 aliphatic rings. The van der Waals surface area contributed by atoms with Gasteiger partial charge in [-0.3, -0.25) is 18.6 Å². The number of ether oxygens (including phenoxy) is 1. The highest BCUT2D eigenvalue weighted by molar-refractivity contribution is 7.47. The predicted octanol–water partition coefficient (Wildman–Crippen LogP) is 18.2. The average molecular weight is 1010 g/mol. The highest BCUT2D eigenvalue weighted by Crippen LogP contribution is 2.43. The van der Waals surface area contributed by atoms with Gasteiger partial charge in [-0.05, 0) is 57.4 Å². The minimum Gasteiger partial charge on any atom is -0.456 e. The van der Waals surface area contributed by atoms with Crippen molar-refractivity contribution in [1.29, 1.82) is 0 Å². The summed E-state index contributed by atoms with van der Waals surface area (Å²) in [6, 6.07) is -0.844. The van der Waals surface area contributed by atoms with E-state index in [1.165, 1.54) is 199 Å². The Bertz CT molecular complexity index is 1250. The Balaban J connectivity index is 5.27. The number of phosphoric acid groups is 1. The van der Waals surface area contributed by atoms with Crippen LogP contribution in [0.2, 0.25) is 0 Å². The molecule has 0 heterocycles. The van der Waals surface area contributed by atoms with Crippen LogP contribution in [0.3, 0.4) is 0 Å². The molecule has 0 saturated carbocycles. The van der Waals surface area contributed by atoms with Gasteiger partial charge in [0.1, 0.15) is 19.3 Å². The Morgan fingerprint density at radius 2 is 0.829 bits per heavy atom. The van der Waals surface area contributed by atoms with E-state index in [1.807, 2.05) is 33.3 Å². The van der Waals surface area contributed by atoms with Crippen molar-refractivity contribution < 1.29 is 37.3 Å². The standard InChI is InChI=1S/C60H117N2O7P/c1-7-10-13-16-19-22-25-28-30-31-33-35-38-41-44-47-50-53-60(64)69-58(51-48-45-42-39-36-27-24-21-18-15-12-9-3)57(56-68-70(65,66)67-55-54-62(4,5)6)61-59(63)52-49-46-43-40-37-34-32-29-26-23-20-17-14-11-8-2/h23,26,48,51,57-58H,7-22,24-25,27-47,49-50,52-56H2,1-6H3,(H-,61,63,65,66)/p+1/b26-23-,51-48+. The first-order chi connectivity index (χ1) is 33.9. The van der Waals surface area contributed by atoms with Crippen LogP contribution in [0.4, 0.5) is 0 Å². The number of allylic oxidation sites excluding steroid dienone is 3. The molecule has 0 aliphatic heterocycles. The van der Waals surface area contributed by atoms with Crippen molar-refractivity contribution in [3.8, 4) is 0 Å². The third-order valence-electron chi connectivity index (χ3n) is 13.6. The van der Waals surface area contributed by atoms with Gasteiger partial charge in [-0.1, -0.05) is 251 Å². The highest BCUT2D eigenvalue weighted by Gasteiger charge is 2.30. The van der Waals surface area contributed by atoms with Gasteiger partial charge in [0.2, 0.25) is 5.91 Å². The fourth-order valence-electron chi connectivity index (χ4n) is 8.94. The van der Waals surface area contributed by atoms with Crippen LogP contribution in [0.15, 0.2) is 24.3 Å². The quantitative estimate of drug-likeness (QED) is 0.0205. The number of hydrogen-bond acceptors (Lipinski definition) is 6. The second-order valence-corrected chi connectivity index (χ2v) is 23.3. The number of esters is 1. The van der Waals surface area contributed by atoms with Gasteiger partial charge in [-0.2, -0.15) is 0 Å². The number of unbranched alkanes of at least 4 members (excludes halogenated alkanes) is 37. The zero-order valence-electron chi connectivity index (χ0n) is 47.3. The van der Waals surface area contributed by atoms with Crippen LogP contribution in [0.5, 0.6) is 0 Å². The van der Waals surface area contributed by atoms with Crippen LogP contribution in [0.1, 0.15) is 297 Å². The molecule has 0 aliphatic carbocycles. The van der Waals surface area contributed by atoms with Crippen LogP contribution < -0.4 is 5.32 Å². The number of nitrogens with one attached hydrogen (secondary N) is 1. The van der Waals surface area contributed by atoms with Gasteiger partial charge in [0.25, 0.3) is 0 Å². The van der Waals surface area contributed by atoms with Crippen molar-refractivity contribution in [3.63, 3.8) is 0 Å². The summed E-state index contributed by atoms with van der Waals surface area (Å²) in [6.45, 7) is 7.03. The average Bonchev–Trinajstić information content (AvgIpc) is 3.32. The molecule has 1 amide bonds. The Morgan fingerprint density at radius 3 is 1.23 bits per heavy atom. The summed E-state index contributed by atoms with van der Waals surface area (Å²) in [7, 11) is 1.51. The van der Waals surface area contributed by atoms with E-state index in [9.17, 15) is 19.0 Å². The smallest absolute Gasteiger partial charge is 0.456 e. The molecule has 0 fully saturated rings. The van der Waals surface area contributed by atoms with Crippen LogP contribution in [-0.2, 0) is 27.9 Å². The molecule has 0 aromatic heterocycles. The maximum atomic E-state index is 13.5. The van der Waals surface area contributed by atoms with E-state index < -0.39 is 20.0 Å². The number of nitrogens with zero attached hydrogens (tertiary/aromatic N) is 1. The minimum atomic E-state index is -4.44. The molecule has 3 unspecified atom stereocenters. The number of carbonyl (C=O) groups is 2. The third kappa shape index (κ3) is 51.4. The van der Waals surface area contributed by atoms with E-state index in [-0.39, 0.29) is 25.1 Å². The van der Waals surface area contributed by atoms with E-state index in [4.69, 9.17) is 13.8 Å². The van der Waals surface area contributed by atoms with Gasteiger partial charge >= 0.3 is 13.8 Å². The lowest BCUT2D eigenvalue weighted by Gasteiger charge is -2.27. The Kier molecular flexibility index (Phi) is 49.9. The SMILES string of the molecule is CCCCCC/C=C\CCCCCCCCCC(=O)NC(COP(=O)(O)OCC[N+](C)(C)C)C(/C=C/CCCCCCCCCCCC)OC(=O)CCCCCCCCCCCCCCCCCCC. The van der Waals surface area contributed by atoms with Crippen molar-refractivity contribution in [2.24, 2.45) is 0 Å². The summed E-state index contributed by atoms with van der Waals surface area (Å²) < 4.78 is 30.7. The van der Waals surface area contributed by atoms with Crippen LogP contribution in [0.25, 0.3) is 0 Å². The van der Waals surface area contributed by atoms with E-state index >= 15 is 0 Å². The molecular weight excluding hydrogens is 892 g/mol. The van der Waals surface area contributed by atoms with Crippen LogP contribution in [-0.4, -0.2) is 74.3 Å². The second kappa shape index (κ2) is 51.0. The van der Waals surface area contributed by atoms with Gasteiger partial charge in [-0.15, -0.1) is 0 Å². The van der Waals surface area contributed by atoms with Gasteiger partial charge < -0.3 is 19.4 Å². The molecule has 0 radical (unpaired) electrons. The molecule has 10 heteroatoms. The third-order valence-corrected chi connectivity index (χ3v) is 14.6. The largest absolute Gasteiger partial charge is 0.472 e. The van der Waals surface area contributed by atoms with E-state index in [1.54, 1.807) is 0 Å². The number of quaternary nitrogens is 1. The molecule has 0 aromatic carbocycles. The molecule has 414 valence electrons. The fraction of sp³-hybridized carbons (Fsp3) is 0.900. The molecule has 3 atom stereocenters. The predicted molar refractivity (Wildman–Crippen MR) is 300 cm³/mol. The summed E-state index contributed by atoms with van der Waals surface area (Å²) in [4.78, 5) is 37.6. The van der Waals surface area contributed by atoms with Crippen molar-refractivity contribution in [1.82, 2.24) is 5.32 Å². The van der Waals surface area contributed by atoms with Crippen molar-refractivity contribution in [2.75, 3.05) is 40.9 Å². The zero-order chi connectivity index (χ0) is 51.5. The fourth-order valence-corrected chi connectivity index (χ4v) is 9.67. The van der Waals surface area contributed by atoms with Crippen LogP contribution in [0, 0.1) is 0 Å². The molecule has 0 aromatic rings. The lowest BCUT2D eigenvalue weighted by atomic mass is 10.0. The highest BCUT2D eigenvalue weighted by atomic mass is 31.2. The van der Waals surface area contributed by atoms with Gasteiger partial charge in [0.15, 0.2) is 0 Å². The lowest BCUT2D eigenvalue weighted by Crippen LogP contribution is -2.47. The van der Waals surface area contributed by atoms with Crippen molar-refractivity contribution in [3.05, 3.63) is 24.3 Å². The summed E-state index contributed by atoms with van der Waals surface area (Å²) in [5.74, 6) is -0.496.